The zero-order valence-corrected chi connectivity index (χ0v) is 18.8. The molecule has 0 fully saturated rings. The van der Waals surface area contributed by atoms with E-state index in [1.54, 1.807) is 42.5 Å². The van der Waals surface area contributed by atoms with Crippen LogP contribution >= 0.6 is 34.8 Å². The summed E-state index contributed by atoms with van der Waals surface area (Å²) in [6.07, 6.45) is 1.54. The lowest BCUT2D eigenvalue weighted by atomic mass is 10.2. The van der Waals surface area contributed by atoms with Gasteiger partial charge in [-0.2, -0.15) is 0 Å². The Morgan fingerprint density at radius 2 is 1.76 bits per heavy atom. The van der Waals surface area contributed by atoms with Gasteiger partial charge in [0, 0.05) is 13.0 Å². The van der Waals surface area contributed by atoms with Crippen molar-refractivity contribution >= 4 is 56.4 Å². The summed E-state index contributed by atoms with van der Waals surface area (Å²) < 4.78 is 30.9. The predicted octanol–water partition coefficient (Wildman–Crippen LogP) is 4.39. The Bertz CT molecular complexity index is 954. The summed E-state index contributed by atoms with van der Waals surface area (Å²) in [7, 11) is -3.58. The Morgan fingerprint density at radius 3 is 2.45 bits per heavy atom. The van der Waals surface area contributed by atoms with Gasteiger partial charge in [0.25, 0.3) is 0 Å². The summed E-state index contributed by atoms with van der Waals surface area (Å²) in [6, 6.07) is 11.8. The molecule has 0 unspecified atom stereocenters. The van der Waals surface area contributed by atoms with Gasteiger partial charge in [0.05, 0.1) is 33.6 Å². The van der Waals surface area contributed by atoms with Crippen molar-refractivity contribution in [2.24, 2.45) is 0 Å². The average Bonchev–Trinajstić information content (AvgIpc) is 2.65. The molecular weight excluding hydrogens is 459 g/mol. The van der Waals surface area contributed by atoms with Gasteiger partial charge in [-0.3, -0.25) is 9.10 Å². The summed E-state index contributed by atoms with van der Waals surface area (Å²) in [5.74, 6) is 0.337. The Hall–Kier alpha value is -1.67. The number of rotatable bonds is 10. The Balaban J connectivity index is 1.81. The van der Waals surface area contributed by atoms with Gasteiger partial charge >= 0.3 is 0 Å². The van der Waals surface area contributed by atoms with Crippen molar-refractivity contribution < 1.29 is 17.9 Å². The van der Waals surface area contributed by atoms with Crippen molar-refractivity contribution in [1.29, 1.82) is 0 Å². The molecule has 6 nitrogen and oxygen atoms in total. The largest absolute Gasteiger partial charge is 0.490 e. The van der Waals surface area contributed by atoms with Crippen molar-refractivity contribution in [1.82, 2.24) is 5.32 Å². The molecule has 0 aliphatic carbocycles. The number of halogens is 3. The number of benzene rings is 2. The third kappa shape index (κ3) is 7.26. The second kappa shape index (κ2) is 10.9. The molecule has 0 bridgehead atoms. The summed E-state index contributed by atoms with van der Waals surface area (Å²) in [6.45, 7) is 0.672. The number of ether oxygens (including phenoxy) is 1. The van der Waals surface area contributed by atoms with E-state index < -0.39 is 10.0 Å². The lowest BCUT2D eigenvalue weighted by Crippen LogP contribution is -2.33. The van der Waals surface area contributed by atoms with Crippen LogP contribution in [0, 0.1) is 0 Å². The zero-order chi connectivity index (χ0) is 21.4. The minimum Gasteiger partial charge on any atom is -0.490 e. The maximum atomic E-state index is 12.1. The SMILES string of the molecule is CS(=O)(=O)N(CCCC(=O)NCCOc1ccccc1Cl)c1cccc(Cl)c1Cl. The lowest BCUT2D eigenvalue weighted by molar-refractivity contribution is -0.121. The van der Waals surface area contributed by atoms with Gasteiger partial charge in [-0.25, -0.2) is 8.42 Å². The first kappa shape index (κ1) is 23.6. The Kier molecular flexibility index (Phi) is 8.89. The third-order valence-corrected chi connectivity index (χ3v) is 6.18. The van der Waals surface area contributed by atoms with Gasteiger partial charge < -0.3 is 10.1 Å². The quantitative estimate of drug-likeness (QED) is 0.513. The second-order valence-corrected chi connectivity index (χ2v) is 9.24. The highest BCUT2D eigenvalue weighted by Gasteiger charge is 2.21. The molecular formula is C19H21Cl3N2O4S. The number of amides is 1. The van der Waals surface area contributed by atoms with Crippen LogP contribution in [0.15, 0.2) is 42.5 Å². The van der Waals surface area contributed by atoms with Crippen LogP contribution in [-0.2, 0) is 14.8 Å². The molecule has 158 valence electrons. The van der Waals surface area contributed by atoms with E-state index in [4.69, 9.17) is 39.5 Å². The molecule has 1 amide bonds. The van der Waals surface area contributed by atoms with E-state index in [2.05, 4.69) is 5.32 Å². The molecule has 2 aromatic carbocycles. The minimum absolute atomic E-state index is 0.0996. The van der Waals surface area contributed by atoms with Crippen LogP contribution < -0.4 is 14.4 Å². The molecule has 0 saturated carbocycles. The van der Waals surface area contributed by atoms with E-state index in [1.807, 2.05) is 0 Å². The molecule has 0 aliphatic heterocycles. The molecule has 0 aromatic heterocycles. The van der Waals surface area contributed by atoms with E-state index in [0.717, 1.165) is 10.6 Å². The van der Waals surface area contributed by atoms with Crippen LogP contribution in [0.25, 0.3) is 0 Å². The lowest BCUT2D eigenvalue weighted by Gasteiger charge is -2.23. The smallest absolute Gasteiger partial charge is 0.232 e. The Labute approximate surface area is 185 Å². The van der Waals surface area contributed by atoms with Crippen LogP contribution in [0.3, 0.4) is 0 Å². The monoisotopic (exact) mass is 478 g/mol. The van der Waals surface area contributed by atoms with E-state index in [9.17, 15) is 13.2 Å². The van der Waals surface area contributed by atoms with E-state index in [1.165, 1.54) is 0 Å². The average molecular weight is 480 g/mol. The van der Waals surface area contributed by atoms with Crippen LogP contribution in [0.1, 0.15) is 12.8 Å². The highest BCUT2D eigenvalue weighted by Crippen LogP contribution is 2.33. The number of sulfonamides is 1. The number of hydrogen-bond acceptors (Lipinski definition) is 4. The van der Waals surface area contributed by atoms with Gasteiger partial charge in [0.1, 0.15) is 12.4 Å². The highest BCUT2D eigenvalue weighted by atomic mass is 35.5. The van der Waals surface area contributed by atoms with E-state index >= 15 is 0 Å². The molecule has 1 N–H and O–H groups in total. The van der Waals surface area contributed by atoms with E-state index in [-0.39, 0.29) is 41.2 Å². The van der Waals surface area contributed by atoms with Gasteiger partial charge in [-0.15, -0.1) is 0 Å². The maximum Gasteiger partial charge on any atom is 0.232 e. The standard InChI is InChI=1S/C19H21Cl3N2O4S/c1-29(26,27)24(16-8-4-7-15(21)19(16)22)12-5-10-18(25)23-11-13-28-17-9-3-2-6-14(17)20/h2-4,6-9H,5,10-13H2,1H3,(H,23,25). The van der Waals surface area contributed by atoms with Crippen LogP contribution in [0.5, 0.6) is 5.75 Å². The number of carbonyl (C=O) groups is 1. The Morgan fingerprint density at radius 1 is 1.07 bits per heavy atom. The molecule has 2 aromatic rings. The predicted molar refractivity (Wildman–Crippen MR) is 118 cm³/mol. The molecule has 10 heteroatoms. The van der Waals surface area contributed by atoms with Gasteiger partial charge in [-0.1, -0.05) is 53.0 Å². The summed E-state index contributed by atoms with van der Waals surface area (Å²) in [4.78, 5) is 12.0. The van der Waals surface area contributed by atoms with Crippen molar-refractivity contribution in [2.45, 2.75) is 12.8 Å². The zero-order valence-electron chi connectivity index (χ0n) is 15.7. The topological polar surface area (TPSA) is 75.7 Å². The molecule has 0 radical (unpaired) electrons. The highest BCUT2D eigenvalue weighted by molar-refractivity contribution is 7.92. The molecule has 0 heterocycles. The molecule has 0 aliphatic rings. The van der Waals surface area contributed by atoms with Crippen molar-refractivity contribution in [3.05, 3.63) is 57.5 Å². The first-order valence-corrected chi connectivity index (χ1v) is 11.7. The number of nitrogens with one attached hydrogen (secondary N) is 1. The van der Waals surface area contributed by atoms with Crippen molar-refractivity contribution in [2.75, 3.05) is 30.3 Å². The molecule has 0 saturated heterocycles. The molecule has 2 rings (SSSR count). The third-order valence-electron chi connectivity index (χ3n) is 3.88. The van der Waals surface area contributed by atoms with Crippen molar-refractivity contribution in [3.8, 4) is 5.75 Å². The summed E-state index contributed by atoms with van der Waals surface area (Å²) in [5.41, 5.74) is 0.287. The number of anilines is 1. The second-order valence-electron chi connectivity index (χ2n) is 6.14. The minimum atomic E-state index is -3.58. The number of nitrogens with zero attached hydrogens (tertiary/aromatic N) is 1. The number of para-hydroxylation sites is 1. The number of hydrogen-bond donors (Lipinski definition) is 1. The van der Waals surface area contributed by atoms with Crippen LogP contribution in [-0.4, -0.2) is 40.3 Å². The molecule has 0 atom stereocenters. The normalized spacial score (nSPS) is 11.2. The van der Waals surface area contributed by atoms with Gasteiger partial charge in [0.15, 0.2) is 0 Å². The summed E-state index contributed by atoms with van der Waals surface area (Å²) in [5, 5.41) is 3.63. The fourth-order valence-electron chi connectivity index (χ4n) is 2.53. The van der Waals surface area contributed by atoms with Gasteiger partial charge in [-0.05, 0) is 30.7 Å². The summed E-state index contributed by atoms with van der Waals surface area (Å²) >= 11 is 18.1. The molecule has 29 heavy (non-hydrogen) atoms. The van der Waals surface area contributed by atoms with E-state index in [0.29, 0.717) is 23.7 Å². The van der Waals surface area contributed by atoms with Crippen molar-refractivity contribution in [3.63, 3.8) is 0 Å². The van der Waals surface area contributed by atoms with Crippen LogP contribution in [0.2, 0.25) is 15.1 Å². The maximum absolute atomic E-state index is 12.1. The fraction of sp³-hybridized carbons (Fsp3) is 0.316. The molecule has 0 spiro atoms. The van der Waals surface area contributed by atoms with Crippen LogP contribution in [0.4, 0.5) is 5.69 Å². The number of carbonyl (C=O) groups excluding carboxylic acids is 1. The first-order chi connectivity index (χ1) is 13.7. The first-order valence-electron chi connectivity index (χ1n) is 8.76. The fourth-order valence-corrected chi connectivity index (χ4v) is 4.14. The van der Waals surface area contributed by atoms with Gasteiger partial charge in [0.2, 0.25) is 15.9 Å².